The van der Waals surface area contributed by atoms with Gasteiger partial charge in [0.25, 0.3) is 0 Å². The Morgan fingerprint density at radius 1 is 0.750 bits per heavy atom. The molecule has 476 valence electrons. The first-order valence-electron chi connectivity index (χ1n) is 33.2. The van der Waals surface area contributed by atoms with Crippen molar-refractivity contribution in [3.63, 3.8) is 0 Å². The average molecular weight is 1230 g/mol. The highest BCUT2D eigenvalue weighted by molar-refractivity contribution is 7.49. The number of rotatable bonds is 33. The number of likely N-dealkylation sites (tertiary alicyclic amines) is 2. The van der Waals surface area contributed by atoms with Crippen LogP contribution >= 0.6 is 8.20 Å². The highest BCUT2D eigenvalue weighted by atomic mass is 31.1. The summed E-state index contributed by atoms with van der Waals surface area (Å²) < 4.78 is 7.32. The first kappa shape index (κ1) is 65.5. The molecule has 8 amide bonds. The number of hydrogen-bond donors (Lipinski definition) is 5. The van der Waals surface area contributed by atoms with Crippen molar-refractivity contribution in [1.29, 1.82) is 0 Å². The van der Waals surface area contributed by atoms with Gasteiger partial charge >= 0.3 is 12.0 Å². The maximum Gasteiger partial charge on any atom is 0.317 e. The first-order chi connectivity index (χ1) is 42.9. The molecule has 0 radical (unpaired) electrons. The minimum absolute atomic E-state index is 0.0181. The number of urea groups is 1. The highest BCUT2D eigenvalue weighted by Gasteiger charge is 2.45. The fourth-order valence-electron chi connectivity index (χ4n) is 13.2. The highest BCUT2D eigenvalue weighted by Crippen LogP contribution is 2.54. The maximum atomic E-state index is 14.4. The Hall–Kier alpha value is -6.95. The van der Waals surface area contributed by atoms with E-state index >= 15 is 0 Å². The van der Waals surface area contributed by atoms with Crippen LogP contribution in [0, 0.1) is 11.8 Å². The van der Waals surface area contributed by atoms with E-state index in [1.54, 1.807) is 4.90 Å². The second-order valence-electron chi connectivity index (χ2n) is 24.9. The van der Waals surface area contributed by atoms with Gasteiger partial charge < -0.3 is 46.0 Å². The second-order valence-corrected chi connectivity index (χ2v) is 26.2. The van der Waals surface area contributed by atoms with Crippen molar-refractivity contribution in [2.45, 2.75) is 218 Å². The molecule has 3 fully saturated rings. The van der Waals surface area contributed by atoms with Gasteiger partial charge in [0.15, 0.2) is 0 Å². The van der Waals surface area contributed by atoms with Crippen LogP contribution in [0.2, 0.25) is 0 Å². The number of esters is 1. The zero-order valence-corrected chi connectivity index (χ0v) is 53.0. The van der Waals surface area contributed by atoms with Crippen molar-refractivity contribution in [1.82, 2.24) is 51.4 Å². The SMILES string of the molecule is CCCCCCCCCNC(=O)CCCCC(=O)N1Cc2ccccc2-c2nnn(CCCCC(NC(=O)C3CC(N4CCCCC4=O)CN3C(=O)NC)C(=O)NCCCCCCOC(=O)CCC(=O)NC3=C4CC5CC5CCC3=P4)c2-c2ccccc21. The van der Waals surface area contributed by atoms with Crippen LogP contribution in [0.5, 0.6) is 0 Å². The van der Waals surface area contributed by atoms with Gasteiger partial charge in [-0.05, 0) is 126 Å². The van der Waals surface area contributed by atoms with Gasteiger partial charge in [0.1, 0.15) is 17.8 Å². The molecule has 5 atom stereocenters. The van der Waals surface area contributed by atoms with Crippen LogP contribution in [0.15, 0.2) is 59.5 Å². The van der Waals surface area contributed by atoms with E-state index < -0.39 is 30.0 Å². The lowest BCUT2D eigenvalue weighted by atomic mass is 9.95. The number of allylic oxidation sites excluding steroid dienone is 2. The van der Waals surface area contributed by atoms with Crippen molar-refractivity contribution in [2.24, 2.45) is 11.8 Å². The number of nitrogens with zero attached hydrogens (tertiary/aromatic N) is 6. The number of piperidine rings is 1. The molecule has 1 saturated carbocycles. The van der Waals surface area contributed by atoms with Crippen LogP contribution in [0.1, 0.15) is 192 Å². The average Bonchev–Trinajstić information content (AvgIpc) is 1.62. The van der Waals surface area contributed by atoms with Crippen molar-refractivity contribution >= 4 is 66.6 Å². The summed E-state index contributed by atoms with van der Waals surface area (Å²) in [5.74, 6) is 0.280. The lowest BCUT2D eigenvalue weighted by Gasteiger charge is -2.32. The van der Waals surface area contributed by atoms with Crippen LogP contribution in [0.3, 0.4) is 0 Å². The van der Waals surface area contributed by atoms with Crippen molar-refractivity contribution in [2.75, 3.05) is 44.7 Å². The molecule has 1 aromatic heterocycles. The van der Waals surface area contributed by atoms with E-state index in [1.807, 2.05) is 58.1 Å². The number of aryl methyl sites for hydroxylation is 1. The Kier molecular flexibility index (Phi) is 24.6. The van der Waals surface area contributed by atoms with E-state index in [1.165, 1.54) is 75.7 Å². The monoisotopic (exact) mass is 1230 g/mol. The molecule has 6 heterocycles. The largest absolute Gasteiger partial charge is 0.466 e. The molecule has 10 rings (SSSR count). The number of unbranched alkanes of at least 4 members (excludes halogenated alkanes) is 11. The summed E-state index contributed by atoms with van der Waals surface area (Å²) in [4.78, 5) is 112. The molecule has 5 N–H and O–H groups in total. The van der Waals surface area contributed by atoms with E-state index in [4.69, 9.17) is 15.0 Å². The molecule has 21 heteroatoms. The zero-order chi connectivity index (χ0) is 61.8. The van der Waals surface area contributed by atoms with Gasteiger partial charge in [-0.2, -0.15) is 0 Å². The summed E-state index contributed by atoms with van der Waals surface area (Å²) in [6, 6.07) is 13.2. The summed E-state index contributed by atoms with van der Waals surface area (Å²) in [6.45, 7) is 5.03. The van der Waals surface area contributed by atoms with Crippen LogP contribution < -0.4 is 31.5 Å². The number of ether oxygens (including phenoxy) is 1. The number of aromatic nitrogens is 3. The smallest absolute Gasteiger partial charge is 0.317 e. The van der Waals surface area contributed by atoms with Crippen LogP contribution in [-0.4, -0.2) is 135 Å². The number of carbonyl (C=O) groups is 8. The number of benzene rings is 2. The van der Waals surface area contributed by atoms with E-state index in [-0.39, 0.29) is 80.8 Å². The maximum absolute atomic E-state index is 14.4. The molecule has 7 aliphatic rings. The number of nitrogens with one attached hydrogen (secondary N) is 5. The lowest BCUT2D eigenvalue weighted by molar-refractivity contribution is -0.145. The van der Waals surface area contributed by atoms with E-state index in [9.17, 15) is 38.4 Å². The quantitative estimate of drug-likeness (QED) is 0.0218. The van der Waals surface area contributed by atoms with Gasteiger partial charge in [-0.1, -0.05) is 108 Å². The van der Waals surface area contributed by atoms with Gasteiger partial charge in [0.05, 0.1) is 42.7 Å². The molecule has 5 unspecified atom stereocenters. The Bertz CT molecular complexity index is 3020. The molecule has 88 heavy (non-hydrogen) atoms. The van der Waals surface area contributed by atoms with Gasteiger partial charge in [0.2, 0.25) is 35.4 Å². The summed E-state index contributed by atoms with van der Waals surface area (Å²) >= 11 is 0. The predicted octanol–water partition coefficient (Wildman–Crippen LogP) is 9.62. The minimum Gasteiger partial charge on any atom is -0.466 e. The van der Waals surface area contributed by atoms with Crippen molar-refractivity contribution < 1.29 is 43.1 Å². The summed E-state index contributed by atoms with van der Waals surface area (Å²) in [6.07, 6.45) is 21.4. The normalized spacial score (nSPS) is 19.6. The number of fused-ring (bicyclic) bond motifs is 6. The Morgan fingerprint density at radius 3 is 2.31 bits per heavy atom. The number of carbonyl (C=O) groups excluding carboxylic acids is 8. The van der Waals surface area contributed by atoms with Crippen molar-refractivity contribution in [3.8, 4) is 22.5 Å². The van der Waals surface area contributed by atoms with E-state index in [2.05, 4.69) is 33.5 Å². The molecule has 2 bridgehead atoms. The third kappa shape index (κ3) is 17.9. The molecule has 2 aliphatic carbocycles. The molecule has 2 aromatic carbocycles. The third-order valence-electron chi connectivity index (χ3n) is 18.4. The Balaban J connectivity index is 0.779. The Labute approximate surface area is 521 Å². The predicted molar refractivity (Wildman–Crippen MR) is 340 cm³/mol. The molecule has 2 saturated heterocycles. The number of anilines is 1. The van der Waals surface area contributed by atoms with Gasteiger partial charge in [-0.15, -0.1) is 5.10 Å². The molecule has 5 aliphatic heterocycles. The molecular weight excluding hydrogens is 1130 g/mol. The van der Waals surface area contributed by atoms with E-state index in [0.717, 1.165) is 97.0 Å². The van der Waals surface area contributed by atoms with Crippen LogP contribution in [0.25, 0.3) is 22.5 Å². The summed E-state index contributed by atoms with van der Waals surface area (Å²) in [5.41, 5.74) is 5.83. The van der Waals surface area contributed by atoms with Gasteiger partial charge in [-0.3, -0.25) is 33.6 Å². The zero-order valence-electron chi connectivity index (χ0n) is 52.1. The molecule has 0 spiro atoms. The fraction of sp³-hybridized carbons (Fsp3) is 0.627. The summed E-state index contributed by atoms with van der Waals surface area (Å²) in [7, 11) is 2.79. The topological polar surface area (TPSA) is 246 Å². The first-order valence-corrected chi connectivity index (χ1v) is 34.1. The summed E-state index contributed by atoms with van der Waals surface area (Å²) in [5, 5.41) is 27.0. The molecular formula is C67H94N11O9P. The van der Waals surface area contributed by atoms with Gasteiger partial charge in [-0.25, -0.2) is 9.48 Å². The minimum atomic E-state index is -0.937. The Morgan fingerprint density at radius 2 is 1.50 bits per heavy atom. The number of amides is 8. The third-order valence-corrected chi connectivity index (χ3v) is 19.8. The van der Waals surface area contributed by atoms with Gasteiger partial charge in [0, 0.05) is 87.2 Å². The second kappa shape index (κ2) is 33.0. The van der Waals surface area contributed by atoms with E-state index in [0.29, 0.717) is 89.8 Å². The standard InChI is InChI=1S/C67H94N11O9P/c1-3-4-5-6-7-8-19-36-69-57(79)29-15-16-30-60(82)76-44-47-24-11-12-25-50(47)62-64(51-26-13-14-28-53(51)76)78(74-73-62)39-22-17-27-52(71-66(85)54-43-49(45-77(54)67(86)68-2)75-38-21-18-31-59(75)81)65(84)70-37-20-9-10-23-40-87-61(83)35-34-58(80)72-63-55-33-32-46-41-48(46)42-56(63)88-55/h11-14,24-26,28,46,48-49,52,54H,3-10,15-23,27,29-45H2,1-2H3,(H,68,86)(H,69,79)(H,70,84)(H,71,85)(H,72,80). The number of hydrogen-bond acceptors (Lipinski definition) is 11. The molecule has 20 nitrogen and oxygen atoms in total. The van der Waals surface area contributed by atoms with Crippen LogP contribution in [-0.2, 0) is 51.4 Å². The lowest BCUT2D eigenvalue weighted by Crippen LogP contribution is -2.54. The van der Waals surface area contributed by atoms with Crippen molar-refractivity contribution in [3.05, 3.63) is 65.1 Å². The van der Waals surface area contributed by atoms with Crippen LogP contribution in [0.4, 0.5) is 10.5 Å². The fourth-order valence-corrected chi connectivity index (χ4v) is 14.6. The number of para-hydroxylation sites is 1. The molecule has 3 aromatic rings.